The Morgan fingerprint density at radius 3 is 2.76 bits per heavy atom. The maximum atomic E-state index is 13.3. The third kappa shape index (κ3) is 4.09. The molecule has 0 heterocycles. The first kappa shape index (κ1) is 14.1. The van der Waals surface area contributed by atoms with Crippen molar-refractivity contribution in [2.45, 2.75) is 13.0 Å². The minimum absolute atomic E-state index is 0.00710. The number of halogens is 2. The topological polar surface area (TPSA) is 32.3 Å². The fraction of sp³-hybridized carbons (Fsp3) is 0.417. The van der Waals surface area contributed by atoms with E-state index in [-0.39, 0.29) is 16.4 Å². The monoisotopic (exact) mass is 302 g/mol. The van der Waals surface area contributed by atoms with Crippen molar-refractivity contribution in [1.82, 2.24) is 10.2 Å². The average molecular weight is 303 g/mol. The van der Waals surface area contributed by atoms with Crippen LogP contribution in [0.4, 0.5) is 4.39 Å². The Morgan fingerprint density at radius 2 is 2.18 bits per heavy atom. The molecule has 0 saturated carbocycles. The first-order valence-electron chi connectivity index (χ1n) is 5.31. The van der Waals surface area contributed by atoms with Crippen LogP contribution in [-0.2, 0) is 0 Å². The van der Waals surface area contributed by atoms with Crippen molar-refractivity contribution in [3.8, 4) is 0 Å². The van der Waals surface area contributed by atoms with Gasteiger partial charge in [0.05, 0.1) is 10.0 Å². The molecular formula is C12H16BrFN2O. The van der Waals surface area contributed by atoms with E-state index < -0.39 is 5.82 Å². The highest BCUT2D eigenvalue weighted by Crippen LogP contribution is 2.20. The Labute approximate surface area is 109 Å². The van der Waals surface area contributed by atoms with Crippen molar-refractivity contribution >= 4 is 21.8 Å². The lowest BCUT2D eigenvalue weighted by molar-refractivity contribution is 0.0933. The number of likely N-dealkylation sites (N-methyl/N-ethyl adjacent to an activating group) is 1. The SMILES string of the molecule is CC(CN(C)C)NC(=O)c1cccc(F)c1Br. The highest BCUT2D eigenvalue weighted by Gasteiger charge is 2.15. The highest BCUT2D eigenvalue weighted by molar-refractivity contribution is 9.10. The molecule has 1 aromatic carbocycles. The minimum atomic E-state index is -0.432. The van der Waals surface area contributed by atoms with Gasteiger partial charge >= 0.3 is 0 Å². The van der Waals surface area contributed by atoms with Gasteiger partial charge < -0.3 is 10.2 Å². The second kappa shape index (κ2) is 6.12. The molecule has 1 aromatic rings. The normalized spacial score (nSPS) is 12.6. The van der Waals surface area contributed by atoms with E-state index in [9.17, 15) is 9.18 Å². The van der Waals surface area contributed by atoms with Gasteiger partial charge in [0.2, 0.25) is 0 Å². The van der Waals surface area contributed by atoms with Gasteiger partial charge in [-0.15, -0.1) is 0 Å². The van der Waals surface area contributed by atoms with Crippen LogP contribution in [0.15, 0.2) is 22.7 Å². The van der Waals surface area contributed by atoms with E-state index in [1.807, 2.05) is 25.9 Å². The Hall–Kier alpha value is -0.940. The van der Waals surface area contributed by atoms with Crippen molar-refractivity contribution in [3.63, 3.8) is 0 Å². The molecule has 94 valence electrons. The molecule has 0 aromatic heterocycles. The van der Waals surface area contributed by atoms with E-state index in [1.165, 1.54) is 12.1 Å². The summed E-state index contributed by atoms with van der Waals surface area (Å²) in [7, 11) is 3.86. The molecule has 0 radical (unpaired) electrons. The van der Waals surface area contributed by atoms with Crippen molar-refractivity contribution in [2.75, 3.05) is 20.6 Å². The number of nitrogens with one attached hydrogen (secondary N) is 1. The molecule has 1 N–H and O–H groups in total. The molecule has 0 aliphatic carbocycles. The van der Waals surface area contributed by atoms with Crippen LogP contribution in [-0.4, -0.2) is 37.5 Å². The number of amides is 1. The van der Waals surface area contributed by atoms with Crippen LogP contribution >= 0.6 is 15.9 Å². The van der Waals surface area contributed by atoms with Crippen LogP contribution in [0.5, 0.6) is 0 Å². The molecule has 0 fully saturated rings. The molecule has 0 bridgehead atoms. The van der Waals surface area contributed by atoms with Crippen LogP contribution in [0.1, 0.15) is 17.3 Å². The Morgan fingerprint density at radius 1 is 1.53 bits per heavy atom. The summed E-state index contributed by atoms with van der Waals surface area (Å²) in [6, 6.07) is 4.42. The van der Waals surface area contributed by atoms with E-state index in [0.717, 1.165) is 6.54 Å². The maximum absolute atomic E-state index is 13.3. The molecule has 3 nitrogen and oxygen atoms in total. The minimum Gasteiger partial charge on any atom is -0.348 e. The fourth-order valence-corrected chi connectivity index (χ4v) is 2.02. The molecule has 1 rings (SSSR count). The number of carbonyl (C=O) groups excluding carboxylic acids is 1. The van der Waals surface area contributed by atoms with Gasteiger partial charge in [0.25, 0.3) is 5.91 Å². The third-order valence-corrected chi connectivity index (χ3v) is 3.02. The Kier molecular flexibility index (Phi) is 5.08. The fourth-order valence-electron chi connectivity index (χ4n) is 1.57. The maximum Gasteiger partial charge on any atom is 0.252 e. The summed E-state index contributed by atoms with van der Waals surface area (Å²) < 4.78 is 13.5. The zero-order chi connectivity index (χ0) is 13.0. The number of hydrogen-bond acceptors (Lipinski definition) is 2. The Balaban J connectivity index is 2.73. The van der Waals surface area contributed by atoms with Crippen molar-refractivity contribution < 1.29 is 9.18 Å². The van der Waals surface area contributed by atoms with Crippen molar-refractivity contribution in [1.29, 1.82) is 0 Å². The molecule has 1 amide bonds. The predicted molar refractivity (Wildman–Crippen MR) is 69.6 cm³/mol. The summed E-state index contributed by atoms with van der Waals surface area (Å²) in [5.74, 6) is -0.705. The molecule has 17 heavy (non-hydrogen) atoms. The van der Waals surface area contributed by atoms with Gasteiger partial charge in [-0.3, -0.25) is 4.79 Å². The predicted octanol–water partition coefficient (Wildman–Crippen LogP) is 2.27. The molecule has 0 aliphatic rings. The van der Waals surface area contributed by atoms with E-state index in [1.54, 1.807) is 6.07 Å². The zero-order valence-electron chi connectivity index (χ0n) is 10.1. The van der Waals surface area contributed by atoms with Gasteiger partial charge in [-0.1, -0.05) is 6.07 Å². The summed E-state index contributed by atoms with van der Waals surface area (Å²) in [5, 5.41) is 2.82. The lowest BCUT2D eigenvalue weighted by atomic mass is 10.2. The first-order chi connectivity index (χ1) is 7.91. The standard InChI is InChI=1S/C12H16BrFN2O/c1-8(7-16(2)3)15-12(17)9-5-4-6-10(14)11(9)13/h4-6,8H,7H2,1-3H3,(H,15,17). The quantitative estimate of drug-likeness (QED) is 0.925. The molecule has 0 aliphatic heterocycles. The molecular weight excluding hydrogens is 287 g/mol. The van der Waals surface area contributed by atoms with E-state index in [0.29, 0.717) is 5.56 Å². The van der Waals surface area contributed by atoms with Crippen LogP contribution in [0.2, 0.25) is 0 Å². The van der Waals surface area contributed by atoms with Crippen molar-refractivity contribution in [2.24, 2.45) is 0 Å². The van der Waals surface area contributed by atoms with E-state index in [4.69, 9.17) is 0 Å². The molecule has 1 atom stereocenters. The van der Waals surface area contributed by atoms with E-state index >= 15 is 0 Å². The van der Waals surface area contributed by atoms with Gasteiger partial charge in [0, 0.05) is 12.6 Å². The lowest BCUT2D eigenvalue weighted by Gasteiger charge is -2.18. The average Bonchev–Trinajstić information content (AvgIpc) is 2.20. The van der Waals surface area contributed by atoms with Crippen molar-refractivity contribution in [3.05, 3.63) is 34.1 Å². The van der Waals surface area contributed by atoms with Gasteiger partial charge in [-0.2, -0.15) is 0 Å². The number of rotatable bonds is 4. The molecule has 5 heteroatoms. The first-order valence-corrected chi connectivity index (χ1v) is 6.10. The van der Waals surface area contributed by atoms with Gasteiger partial charge in [-0.25, -0.2) is 4.39 Å². The molecule has 0 spiro atoms. The number of carbonyl (C=O) groups is 1. The smallest absolute Gasteiger partial charge is 0.252 e. The molecule has 1 unspecified atom stereocenters. The van der Waals surface area contributed by atoms with Crippen LogP contribution in [0.3, 0.4) is 0 Å². The summed E-state index contributed by atoms with van der Waals surface area (Å²) in [4.78, 5) is 13.9. The van der Waals surface area contributed by atoms with Crippen LogP contribution < -0.4 is 5.32 Å². The summed E-state index contributed by atoms with van der Waals surface area (Å²) in [5.41, 5.74) is 0.315. The van der Waals surface area contributed by atoms with Crippen LogP contribution in [0, 0.1) is 5.82 Å². The van der Waals surface area contributed by atoms with Gasteiger partial charge in [-0.05, 0) is 49.1 Å². The summed E-state index contributed by atoms with van der Waals surface area (Å²) in [6.45, 7) is 2.64. The number of hydrogen-bond donors (Lipinski definition) is 1. The number of nitrogens with zero attached hydrogens (tertiary/aromatic N) is 1. The van der Waals surface area contributed by atoms with Crippen LogP contribution in [0.25, 0.3) is 0 Å². The second-order valence-corrected chi connectivity index (χ2v) is 5.03. The lowest BCUT2D eigenvalue weighted by Crippen LogP contribution is -2.39. The summed E-state index contributed by atoms with van der Waals surface area (Å²) >= 11 is 3.08. The Bertz CT molecular complexity index is 409. The van der Waals surface area contributed by atoms with Gasteiger partial charge in [0.1, 0.15) is 5.82 Å². The summed E-state index contributed by atoms with van der Waals surface area (Å²) in [6.07, 6.45) is 0. The highest BCUT2D eigenvalue weighted by atomic mass is 79.9. The number of benzene rings is 1. The third-order valence-electron chi connectivity index (χ3n) is 2.21. The second-order valence-electron chi connectivity index (χ2n) is 4.24. The van der Waals surface area contributed by atoms with Gasteiger partial charge in [0.15, 0.2) is 0 Å². The van der Waals surface area contributed by atoms with E-state index in [2.05, 4.69) is 21.2 Å². The largest absolute Gasteiger partial charge is 0.348 e. The zero-order valence-corrected chi connectivity index (χ0v) is 11.7. The molecule has 0 saturated heterocycles.